The van der Waals surface area contributed by atoms with Crippen LogP contribution in [0.5, 0.6) is 0 Å². The minimum absolute atomic E-state index is 0.240. The normalized spacial score (nSPS) is 20.9. The first-order valence-corrected chi connectivity index (χ1v) is 5.33. The van der Waals surface area contributed by atoms with Crippen LogP contribution in [0.4, 0.5) is 0 Å². The lowest BCUT2D eigenvalue weighted by Gasteiger charge is -2.32. The van der Waals surface area contributed by atoms with E-state index in [0.29, 0.717) is 18.9 Å². The van der Waals surface area contributed by atoms with E-state index in [2.05, 4.69) is 11.9 Å². The van der Waals surface area contributed by atoms with Crippen molar-refractivity contribution in [3.63, 3.8) is 0 Å². The molecule has 1 aliphatic rings. The van der Waals surface area contributed by atoms with Crippen molar-refractivity contribution >= 4 is 5.91 Å². The fourth-order valence-corrected chi connectivity index (χ4v) is 1.83. The molecule has 0 aromatic carbocycles. The van der Waals surface area contributed by atoms with E-state index in [1.165, 1.54) is 0 Å². The molecule has 1 amide bonds. The van der Waals surface area contributed by atoms with Crippen molar-refractivity contribution in [2.24, 2.45) is 11.7 Å². The van der Waals surface area contributed by atoms with Crippen molar-refractivity contribution in [2.75, 3.05) is 19.6 Å². The van der Waals surface area contributed by atoms with Gasteiger partial charge in [0.2, 0.25) is 5.91 Å². The van der Waals surface area contributed by atoms with E-state index in [4.69, 9.17) is 5.73 Å². The van der Waals surface area contributed by atoms with Crippen molar-refractivity contribution in [1.29, 1.82) is 0 Å². The molecule has 0 radical (unpaired) electrons. The number of carbonyl (C=O) groups is 1. The van der Waals surface area contributed by atoms with Gasteiger partial charge in [0, 0.05) is 25.6 Å². The molecule has 1 saturated heterocycles. The van der Waals surface area contributed by atoms with Gasteiger partial charge in [-0.05, 0) is 26.3 Å². The molecule has 1 aliphatic heterocycles. The zero-order valence-electron chi connectivity index (χ0n) is 9.36. The third-order valence-electron chi connectivity index (χ3n) is 2.56. The Labute approximate surface area is 86.0 Å². The monoisotopic (exact) mass is 199 g/mol. The summed E-state index contributed by atoms with van der Waals surface area (Å²) >= 11 is 0. The molecule has 0 aliphatic carbocycles. The molecule has 0 aromatic heterocycles. The summed E-state index contributed by atoms with van der Waals surface area (Å²) in [6, 6.07) is 0.259. The van der Waals surface area contributed by atoms with Crippen LogP contribution in [-0.2, 0) is 4.79 Å². The second-order valence-corrected chi connectivity index (χ2v) is 4.34. The average Bonchev–Trinajstić information content (AvgIpc) is 2.46. The maximum absolute atomic E-state index is 11.5. The first-order chi connectivity index (χ1) is 6.56. The summed E-state index contributed by atoms with van der Waals surface area (Å²) in [7, 11) is 0. The number of carbonyl (C=O) groups excluding carboxylic acids is 1. The lowest BCUT2D eigenvalue weighted by atomic mass is 10.2. The largest absolute Gasteiger partial charge is 0.330 e. The average molecular weight is 199 g/mol. The van der Waals surface area contributed by atoms with Gasteiger partial charge in [0.05, 0.1) is 0 Å². The van der Waals surface area contributed by atoms with E-state index in [1.807, 2.05) is 18.9 Å². The van der Waals surface area contributed by atoms with Crippen LogP contribution in [0.25, 0.3) is 0 Å². The summed E-state index contributed by atoms with van der Waals surface area (Å²) in [5.74, 6) is 0.686. The van der Waals surface area contributed by atoms with E-state index in [-0.39, 0.29) is 11.9 Å². The second kappa shape index (κ2) is 4.75. The molecular weight excluding hydrogens is 178 g/mol. The fourth-order valence-electron chi connectivity index (χ4n) is 1.83. The van der Waals surface area contributed by atoms with Gasteiger partial charge in [0.25, 0.3) is 0 Å². The molecule has 0 spiro atoms. The Morgan fingerprint density at radius 3 is 2.57 bits per heavy atom. The first kappa shape index (κ1) is 11.5. The molecule has 4 heteroatoms. The van der Waals surface area contributed by atoms with Crippen LogP contribution in [-0.4, -0.2) is 41.6 Å². The number of hydrogen-bond donors (Lipinski definition) is 1. The number of rotatable bonds is 4. The van der Waals surface area contributed by atoms with Gasteiger partial charge in [-0.1, -0.05) is 6.92 Å². The highest BCUT2D eigenvalue weighted by molar-refractivity contribution is 5.77. The second-order valence-electron chi connectivity index (χ2n) is 4.34. The third kappa shape index (κ3) is 2.45. The van der Waals surface area contributed by atoms with Gasteiger partial charge in [-0.15, -0.1) is 0 Å². The first-order valence-electron chi connectivity index (χ1n) is 5.33. The molecule has 14 heavy (non-hydrogen) atoms. The quantitative estimate of drug-likeness (QED) is 0.714. The summed E-state index contributed by atoms with van der Waals surface area (Å²) in [4.78, 5) is 11.5. The molecule has 1 unspecified atom stereocenters. The van der Waals surface area contributed by atoms with Gasteiger partial charge in [-0.25, -0.2) is 5.01 Å². The number of nitrogens with zero attached hydrogens (tertiary/aromatic N) is 2. The molecule has 1 atom stereocenters. The molecule has 2 N–H and O–H groups in total. The Hall–Kier alpha value is -0.610. The molecule has 82 valence electrons. The lowest BCUT2D eigenvalue weighted by Crippen LogP contribution is -2.46. The standard InChI is InChI=1S/C10H21N3O/c1-8(2)13-10(14)4-5-12(13)7-9(3)6-11/h8-9H,4-7,11H2,1-3H3. The summed E-state index contributed by atoms with van der Waals surface area (Å²) < 4.78 is 0. The summed E-state index contributed by atoms with van der Waals surface area (Å²) in [6.45, 7) is 8.62. The van der Waals surface area contributed by atoms with Crippen LogP contribution in [0.1, 0.15) is 27.2 Å². The molecular formula is C10H21N3O. The zero-order chi connectivity index (χ0) is 10.7. The van der Waals surface area contributed by atoms with Gasteiger partial charge in [0.1, 0.15) is 0 Å². The van der Waals surface area contributed by atoms with Crippen molar-refractivity contribution in [3.05, 3.63) is 0 Å². The predicted octanol–water partition coefficient (Wildman–Crippen LogP) is 0.439. The molecule has 1 fully saturated rings. The Kier molecular flexibility index (Phi) is 3.89. The minimum Gasteiger partial charge on any atom is -0.330 e. The van der Waals surface area contributed by atoms with E-state index in [0.717, 1.165) is 13.1 Å². The van der Waals surface area contributed by atoms with Crippen LogP contribution in [0, 0.1) is 5.92 Å². The SMILES string of the molecule is CC(CN)CN1CCC(=O)N1C(C)C. The van der Waals surface area contributed by atoms with E-state index < -0.39 is 0 Å². The molecule has 1 heterocycles. The van der Waals surface area contributed by atoms with Crippen LogP contribution in [0.2, 0.25) is 0 Å². The predicted molar refractivity (Wildman–Crippen MR) is 56.4 cm³/mol. The Balaban J connectivity index is 2.56. The van der Waals surface area contributed by atoms with Gasteiger partial charge < -0.3 is 5.73 Å². The third-order valence-corrected chi connectivity index (χ3v) is 2.56. The van der Waals surface area contributed by atoms with Crippen molar-refractivity contribution in [3.8, 4) is 0 Å². The highest BCUT2D eigenvalue weighted by atomic mass is 16.2. The summed E-state index contributed by atoms with van der Waals surface area (Å²) in [5, 5.41) is 4.00. The van der Waals surface area contributed by atoms with Crippen molar-refractivity contribution in [1.82, 2.24) is 10.0 Å². The highest BCUT2D eigenvalue weighted by Crippen LogP contribution is 2.16. The van der Waals surface area contributed by atoms with Crippen LogP contribution >= 0.6 is 0 Å². The summed E-state index contributed by atoms with van der Waals surface area (Å²) in [6.07, 6.45) is 0.648. The fraction of sp³-hybridized carbons (Fsp3) is 0.900. The van der Waals surface area contributed by atoms with E-state index in [1.54, 1.807) is 0 Å². The zero-order valence-corrected chi connectivity index (χ0v) is 9.36. The number of hydrogen-bond acceptors (Lipinski definition) is 3. The van der Waals surface area contributed by atoms with Crippen LogP contribution in [0.3, 0.4) is 0 Å². The van der Waals surface area contributed by atoms with E-state index >= 15 is 0 Å². The number of nitrogens with two attached hydrogens (primary N) is 1. The van der Waals surface area contributed by atoms with Gasteiger partial charge >= 0.3 is 0 Å². The van der Waals surface area contributed by atoms with Crippen LogP contribution < -0.4 is 5.73 Å². The molecule has 0 saturated carbocycles. The number of hydrazine groups is 1. The smallest absolute Gasteiger partial charge is 0.238 e. The van der Waals surface area contributed by atoms with Gasteiger partial charge in [0.15, 0.2) is 0 Å². The minimum atomic E-state index is 0.240. The highest BCUT2D eigenvalue weighted by Gasteiger charge is 2.31. The van der Waals surface area contributed by atoms with Crippen molar-refractivity contribution < 1.29 is 4.79 Å². The molecule has 1 rings (SSSR count). The van der Waals surface area contributed by atoms with E-state index in [9.17, 15) is 4.79 Å². The molecule has 0 aromatic rings. The summed E-state index contributed by atoms with van der Waals surface area (Å²) in [5.41, 5.74) is 5.58. The van der Waals surface area contributed by atoms with Crippen molar-refractivity contribution in [2.45, 2.75) is 33.2 Å². The molecule has 0 bridgehead atoms. The van der Waals surface area contributed by atoms with Gasteiger partial charge in [-0.3, -0.25) is 9.80 Å². The maximum Gasteiger partial charge on any atom is 0.238 e. The number of amides is 1. The van der Waals surface area contributed by atoms with Crippen LogP contribution in [0.15, 0.2) is 0 Å². The lowest BCUT2D eigenvalue weighted by molar-refractivity contribution is -0.142. The Bertz CT molecular complexity index is 206. The topological polar surface area (TPSA) is 49.6 Å². The Morgan fingerprint density at radius 1 is 1.43 bits per heavy atom. The van der Waals surface area contributed by atoms with Gasteiger partial charge in [-0.2, -0.15) is 0 Å². The molecule has 4 nitrogen and oxygen atoms in total. The Morgan fingerprint density at radius 2 is 2.07 bits per heavy atom. The maximum atomic E-state index is 11.5.